The number of aromatic amines is 1. The van der Waals surface area contributed by atoms with E-state index in [1.807, 2.05) is 14.0 Å². The average Bonchev–Trinajstić information content (AvgIpc) is 2.76. The molecule has 0 aromatic carbocycles. The lowest BCUT2D eigenvalue weighted by Crippen LogP contribution is -2.52. The van der Waals surface area contributed by atoms with E-state index in [0.717, 1.165) is 0 Å². The predicted molar refractivity (Wildman–Crippen MR) is 65.4 cm³/mol. The number of hydrogen-bond acceptors (Lipinski definition) is 5. The Morgan fingerprint density at radius 1 is 1.56 bits per heavy atom. The number of aliphatic hydroxyl groups excluding tert-OH is 1. The Morgan fingerprint density at radius 3 is 2.89 bits per heavy atom. The van der Waals surface area contributed by atoms with E-state index < -0.39 is 10.0 Å². The molecule has 1 fully saturated rings. The van der Waals surface area contributed by atoms with Crippen LogP contribution in [0.5, 0.6) is 0 Å². The van der Waals surface area contributed by atoms with Crippen LogP contribution in [0.25, 0.3) is 0 Å². The van der Waals surface area contributed by atoms with Crippen molar-refractivity contribution in [1.82, 2.24) is 19.4 Å². The summed E-state index contributed by atoms with van der Waals surface area (Å²) in [6, 6.07) is -0.0939. The van der Waals surface area contributed by atoms with E-state index in [2.05, 4.69) is 15.1 Å². The zero-order valence-corrected chi connectivity index (χ0v) is 11.3. The Kier molecular flexibility index (Phi) is 3.71. The van der Waals surface area contributed by atoms with Gasteiger partial charge in [0.15, 0.2) is 5.03 Å². The van der Waals surface area contributed by atoms with Gasteiger partial charge >= 0.3 is 0 Å². The number of nitrogens with one attached hydrogen (secondary N) is 1. The molecule has 1 atom stereocenters. The van der Waals surface area contributed by atoms with Crippen LogP contribution < -0.4 is 0 Å². The van der Waals surface area contributed by atoms with Gasteiger partial charge in [0.05, 0.1) is 12.8 Å². The molecule has 2 N–H and O–H groups in total. The smallest absolute Gasteiger partial charge is 0.260 e. The highest BCUT2D eigenvalue weighted by molar-refractivity contribution is 7.89. The van der Waals surface area contributed by atoms with Crippen molar-refractivity contribution in [2.45, 2.75) is 24.6 Å². The molecule has 1 saturated heterocycles. The number of sulfonamides is 1. The first-order valence-corrected chi connectivity index (χ1v) is 7.24. The highest BCUT2D eigenvalue weighted by atomic mass is 32.2. The van der Waals surface area contributed by atoms with Crippen LogP contribution >= 0.6 is 0 Å². The third-order valence-electron chi connectivity index (χ3n) is 3.18. The number of hydrogen-bond donors (Lipinski definition) is 2. The van der Waals surface area contributed by atoms with Crippen molar-refractivity contribution < 1.29 is 13.5 Å². The van der Waals surface area contributed by atoms with Crippen molar-refractivity contribution in [1.29, 1.82) is 0 Å². The van der Waals surface area contributed by atoms with Gasteiger partial charge in [0, 0.05) is 31.2 Å². The molecule has 0 amide bonds. The lowest BCUT2D eigenvalue weighted by molar-refractivity contribution is 0.170. The third kappa shape index (κ3) is 2.28. The molecule has 102 valence electrons. The minimum Gasteiger partial charge on any atom is -0.392 e. The van der Waals surface area contributed by atoms with Crippen LogP contribution in [0.4, 0.5) is 0 Å². The van der Waals surface area contributed by atoms with Gasteiger partial charge in [0.2, 0.25) is 0 Å². The monoisotopic (exact) mass is 274 g/mol. The molecule has 0 radical (unpaired) electrons. The van der Waals surface area contributed by atoms with Crippen molar-refractivity contribution in [3.63, 3.8) is 0 Å². The van der Waals surface area contributed by atoms with Crippen LogP contribution in [-0.2, 0) is 16.6 Å². The van der Waals surface area contributed by atoms with E-state index >= 15 is 0 Å². The summed E-state index contributed by atoms with van der Waals surface area (Å²) in [4.78, 5) is 2.09. The summed E-state index contributed by atoms with van der Waals surface area (Å²) in [5.74, 6) is 0. The minimum absolute atomic E-state index is 0.00130. The van der Waals surface area contributed by atoms with Crippen molar-refractivity contribution in [3.05, 3.63) is 11.8 Å². The number of nitrogens with zero attached hydrogens (tertiary/aromatic N) is 3. The molecule has 1 unspecified atom stereocenters. The normalized spacial score (nSPS) is 23.4. The zero-order valence-electron chi connectivity index (χ0n) is 10.5. The van der Waals surface area contributed by atoms with E-state index in [1.165, 1.54) is 10.5 Å². The van der Waals surface area contributed by atoms with E-state index in [9.17, 15) is 8.42 Å². The number of piperazine rings is 1. The van der Waals surface area contributed by atoms with Gasteiger partial charge in [-0.3, -0.25) is 5.10 Å². The summed E-state index contributed by atoms with van der Waals surface area (Å²) < 4.78 is 26.4. The predicted octanol–water partition coefficient (Wildman–Crippen LogP) is -0.773. The van der Waals surface area contributed by atoms with E-state index in [4.69, 9.17) is 5.11 Å². The second kappa shape index (κ2) is 4.96. The SMILES string of the molecule is CC1CN(C)CCN1S(=O)(=O)c1[nH]ncc1CO. The molecule has 1 aliphatic heterocycles. The number of aliphatic hydroxyl groups is 1. The van der Waals surface area contributed by atoms with Gasteiger partial charge in [0.1, 0.15) is 0 Å². The molecule has 1 aromatic rings. The first kappa shape index (κ1) is 13.5. The maximum Gasteiger partial charge on any atom is 0.260 e. The lowest BCUT2D eigenvalue weighted by atomic mass is 10.2. The zero-order chi connectivity index (χ0) is 13.3. The summed E-state index contributed by atoms with van der Waals surface area (Å²) in [6.45, 7) is 3.38. The standard InChI is InChI=1S/C10H18N4O3S/c1-8-6-13(2)3-4-14(8)18(16,17)10-9(7-15)5-11-12-10/h5,8,15H,3-4,6-7H2,1-2H3,(H,11,12). The van der Waals surface area contributed by atoms with Crippen LogP contribution in [0, 0.1) is 0 Å². The molecule has 18 heavy (non-hydrogen) atoms. The largest absolute Gasteiger partial charge is 0.392 e. The molecule has 0 bridgehead atoms. The van der Waals surface area contributed by atoms with Gasteiger partial charge in [0.25, 0.3) is 10.0 Å². The van der Waals surface area contributed by atoms with E-state index in [1.54, 1.807) is 0 Å². The van der Waals surface area contributed by atoms with Gasteiger partial charge in [-0.1, -0.05) is 0 Å². The summed E-state index contributed by atoms with van der Waals surface area (Å²) in [5, 5.41) is 15.3. The number of rotatable bonds is 3. The van der Waals surface area contributed by atoms with E-state index in [0.29, 0.717) is 25.2 Å². The lowest BCUT2D eigenvalue weighted by Gasteiger charge is -2.36. The molecular formula is C10H18N4O3S. The van der Waals surface area contributed by atoms with Gasteiger partial charge in [-0.25, -0.2) is 8.42 Å². The maximum absolute atomic E-state index is 12.5. The van der Waals surface area contributed by atoms with Gasteiger partial charge in [-0.15, -0.1) is 0 Å². The summed E-state index contributed by atoms with van der Waals surface area (Å²) >= 11 is 0. The summed E-state index contributed by atoms with van der Waals surface area (Å²) in [6.07, 6.45) is 1.34. The molecule has 0 saturated carbocycles. The van der Waals surface area contributed by atoms with Crippen LogP contribution in [-0.4, -0.2) is 65.7 Å². The molecule has 2 rings (SSSR count). The minimum atomic E-state index is -3.61. The fraction of sp³-hybridized carbons (Fsp3) is 0.700. The van der Waals surface area contributed by atoms with Crippen LogP contribution in [0.15, 0.2) is 11.2 Å². The highest BCUT2D eigenvalue weighted by Crippen LogP contribution is 2.21. The average molecular weight is 274 g/mol. The Morgan fingerprint density at radius 2 is 2.28 bits per heavy atom. The Labute approximate surface area is 106 Å². The second-order valence-electron chi connectivity index (χ2n) is 4.61. The Hall–Kier alpha value is -0.960. The van der Waals surface area contributed by atoms with Crippen molar-refractivity contribution in [3.8, 4) is 0 Å². The van der Waals surface area contributed by atoms with Crippen molar-refractivity contribution in [2.75, 3.05) is 26.7 Å². The number of H-pyrrole nitrogens is 1. The molecule has 0 spiro atoms. The van der Waals surface area contributed by atoms with Gasteiger partial charge < -0.3 is 10.0 Å². The summed E-state index contributed by atoms with van der Waals surface area (Å²) in [7, 11) is -1.64. The van der Waals surface area contributed by atoms with Crippen LogP contribution in [0.2, 0.25) is 0 Å². The van der Waals surface area contributed by atoms with Crippen molar-refractivity contribution >= 4 is 10.0 Å². The molecule has 2 heterocycles. The van der Waals surface area contributed by atoms with Crippen LogP contribution in [0.1, 0.15) is 12.5 Å². The van der Waals surface area contributed by atoms with Gasteiger partial charge in [-0.2, -0.15) is 9.40 Å². The molecule has 0 aliphatic carbocycles. The first-order valence-electron chi connectivity index (χ1n) is 5.80. The van der Waals surface area contributed by atoms with Crippen molar-refractivity contribution in [2.24, 2.45) is 0 Å². The molecule has 7 nitrogen and oxygen atoms in total. The molecule has 1 aliphatic rings. The first-order chi connectivity index (χ1) is 8.46. The third-order valence-corrected chi connectivity index (χ3v) is 5.21. The molecule has 1 aromatic heterocycles. The second-order valence-corrected chi connectivity index (χ2v) is 6.44. The fourth-order valence-electron chi connectivity index (χ4n) is 2.23. The quantitative estimate of drug-likeness (QED) is 0.755. The van der Waals surface area contributed by atoms with Crippen LogP contribution in [0.3, 0.4) is 0 Å². The highest BCUT2D eigenvalue weighted by Gasteiger charge is 2.34. The Bertz CT molecular complexity index is 513. The maximum atomic E-state index is 12.5. The molecule has 8 heteroatoms. The van der Waals surface area contributed by atoms with Gasteiger partial charge in [-0.05, 0) is 14.0 Å². The van der Waals surface area contributed by atoms with E-state index in [-0.39, 0.29) is 17.7 Å². The number of likely N-dealkylation sites (N-methyl/N-ethyl adjacent to an activating group) is 1. The fourth-order valence-corrected chi connectivity index (χ4v) is 3.95. The summed E-state index contributed by atoms with van der Waals surface area (Å²) in [5.41, 5.74) is 0.307. The number of aromatic nitrogens is 2. The Balaban J connectivity index is 2.31. The molecular weight excluding hydrogens is 256 g/mol. The topological polar surface area (TPSA) is 89.5 Å².